The molecule has 21 heavy (non-hydrogen) atoms. The molecule has 1 atom stereocenters. The molecule has 2 aromatic carbocycles. The topological polar surface area (TPSA) is 27.0 Å². The highest BCUT2D eigenvalue weighted by Gasteiger charge is 2.25. The van der Waals surface area contributed by atoms with Crippen LogP contribution in [0, 0.1) is 17.1 Å². The SMILES string of the molecule is CN(Cc1cc(C#N)ccc1F)C1CCc2ccccc21. The molecular weight excluding hydrogens is 263 g/mol. The lowest BCUT2D eigenvalue weighted by Gasteiger charge is -2.25. The van der Waals surface area contributed by atoms with Crippen LogP contribution >= 0.6 is 0 Å². The predicted octanol–water partition coefficient (Wildman–Crippen LogP) is 3.82. The number of hydrogen-bond donors (Lipinski definition) is 0. The smallest absolute Gasteiger partial charge is 0.127 e. The average Bonchev–Trinajstić information content (AvgIpc) is 2.93. The first-order chi connectivity index (χ1) is 10.2. The first-order valence-electron chi connectivity index (χ1n) is 7.15. The number of rotatable bonds is 3. The summed E-state index contributed by atoms with van der Waals surface area (Å²) in [6, 6.07) is 15.4. The second-order valence-electron chi connectivity index (χ2n) is 5.59. The van der Waals surface area contributed by atoms with Gasteiger partial charge in [-0.3, -0.25) is 4.90 Å². The molecule has 1 aliphatic carbocycles. The van der Waals surface area contributed by atoms with E-state index in [1.165, 1.54) is 23.3 Å². The fraction of sp³-hybridized carbons (Fsp3) is 0.278. The van der Waals surface area contributed by atoms with Crippen LogP contribution in [0.2, 0.25) is 0 Å². The van der Waals surface area contributed by atoms with Crippen molar-refractivity contribution < 1.29 is 4.39 Å². The first-order valence-corrected chi connectivity index (χ1v) is 7.15. The Balaban J connectivity index is 1.82. The summed E-state index contributed by atoms with van der Waals surface area (Å²) in [4.78, 5) is 2.17. The zero-order valence-corrected chi connectivity index (χ0v) is 12.0. The van der Waals surface area contributed by atoms with Crippen molar-refractivity contribution in [3.63, 3.8) is 0 Å². The van der Waals surface area contributed by atoms with Gasteiger partial charge in [0.2, 0.25) is 0 Å². The Hall–Kier alpha value is -2.18. The number of benzene rings is 2. The number of nitrogens with zero attached hydrogens (tertiary/aromatic N) is 2. The molecule has 2 aromatic rings. The quantitative estimate of drug-likeness (QED) is 0.854. The molecule has 1 aliphatic rings. The third-order valence-corrected chi connectivity index (χ3v) is 4.23. The van der Waals surface area contributed by atoms with E-state index >= 15 is 0 Å². The molecule has 0 saturated heterocycles. The molecule has 106 valence electrons. The summed E-state index contributed by atoms with van der Waals surface area (Å²) in [5.41, 5.74) is 3.82. The van der Waals surface area contributed by atoms with Gasteiger partial charge < -0.3 is 0 Å². The van der Waals surface area contributed by atoms with Crippen LogP contribution in [0.15, 0.2) is 42.5 Å². The van der Waals surface area contributed by atoms with Gasteiger partial charge in [0.05, 0.1) is 11.6 Å². The van der Waals surface area contributed by atoms with Gasteiger partial charge in [-0.1, -0.05) is 24.3 Å². The second-order valence-corrected chi connectivity index (χ2v) is 5.59. The lowest BCUT2D eigenvalue weighted by Crippen LogP contribution is -2.23. The van der Waals surface area contributed by atoms with Crippen LogP contribution < -0.4 is 0 Å². The van der Waals surface area contributed by atoms with Gasteiger partial charge in [0, 0.05) is 18.2 Å². The molecule has 0 radical (unpaired) electrons. The highest BCUT2D eigenvalue weighted by atomic mass is 19.1. The van der Waals surface area contributed by atoms with E-state index in [1.54, 1.807) is 6.07 Å². The van der Waals surface area contributed by atoms with Crippen molar-refractivity contribution >= 4 is 0 Å². The minimum Gasteiger partial charge on any atom is -0.295 e. The van der Waals surface area contributed by atoms with E-state index in [-0.39, 0.29) is 5.82 Å². The van der Waals surface area contributed by atoms with Gasteiger partial charge in [0.15, 0.2) is 0 Å². The maximum Gasteiger partial charge on any atom is 0.127 e. The molecule has 3 heteroatoms. The molecule has 0 spiro atoms. The summed E-state index contributed by atoms with van der Waals surface area (Å²) in [7, 11) is 2.02. The van der Waals surface area contributed by atoms with Crippen LogP contribution in [0.25, 0.3) is 0 Å². The van der Waals surface area contributed by atoms with Crippen molar-refractivity contribution in [3.8, 4) is 6.07 Å². The summed E-state index contributed by atoms with van der Waals surface area (Å²) in [6.07, 6.45) is 2.14. The van der Waals surface area contributed by atoms with Gasteiger partial charge in [0.1, 0.15) is 5.82 Å². The second kappa shape index (κ2) is 5.67. The molecule has 1 unspecified atom stereocenters. The van der Waals surface area contributed by atoms with Crippen molar-refractivity contribution in [1.29, 1.82) is 5.26 Å². The molecule has 0 bridgehead atoms. The molecule has 0 saturated carbocycles. The highest BCUT2D eigenvalue weighted by Crippen LogP contribution is 2.35. The Kier molecular flexibility index (Phi) is 3.72. The number of fused-ring (bicyclic) bond motifs is 1. The van der Waals surface area contributed by atoms with E-state index in [1.807, 2.05) is 7.05 Å². The van der Waals surface area contributed by atoms with Crippen molar-refractivity contribution in [1.82, 2.24) is 4.90 Å². The van der Waals surface area contributed by atoms with Crippen LogP contribution in [0.5, 0.6) is 0 Å². The zero-order valence-electron chi connectivity index (χ0n) is 12.0. The largest absolute Gasteiger partial charge is 0.295 e. The normalized spacial score (nSPS) is 16.8. The average molecular weight is 280 g/mol. The van der Waals surface area contributed by atoms with Gasteiger partial charge in [0.25, 0.3) is 0 Å². The Bertz CT molecular complexity index is 703. The Morgan fingerprint density at radius 2 is 2.10 bits per heavy atom. The monoisotopic (exact) mass is 280 g/mol. The van der Waals surface area contributed by atoms with Crippen LogP contribution in [-0.2, 0) is 13.0 Å². The fourth-order valence-corrected chi connectivity index (χ4v) is 3.14. The van der Waals surface area contributed by atoms with Gasteiger partial charge in [-0.25, -0.2) is 4.39 Å². The Labute approximate surface area is 124 Å². The van der Waals surface area contributed by atoms with Crippen LogP contribution in [-0.4, -0.2) is 11.9 Å². The van der Waals surface area contributed by atoms with Gasteiger partial charge in [-0.2, -0.15) is 5.26 Å². The fourth-order valence-electron chi connectivity index (χ4n) is 3.14. The van der Waals surface area contributed by atoms with Crippen LogP contribution in [0.1, 0.15) is 34.7 Å². The number of aryl methyl sites for hydroxylation is 1. The Morgan fingerprint density at radius 3 is 2.90 bits per heavy atom. The van der Waals surface area contributed by atoms with E-state index in [9.17, 15) is 4.39 Å². The zero-order chi connectivity index (χ0) is 14.8. The lowest BCUT2D eigenvalue weighted by molar-refractivity contribution is 0.233. The molecule has 0 aromatic heterocycles. The van der Waals surface area contributed by atoms with Crippen LogP contribution in [0.3, 0.4) is 0 Å². The highest BCUT2D eigenvalue weighted by molar-refractivity contribution is 5.36. The molecule has 0 heterocycles. The van der Waals surface area contributed by atoms with Gasteiger partial charge >= 0.3 is 0 Å². The standard InChI is InChI=1S/C18H17FN2/c1-21(12-15-10-13(11-20)6-8-17(15)19)18-9-7-14-4-2-3-5-16(14)18/h2-6,8,10,18H,7,9,12H2,1H3. The third-order valence-electron chi connectivity index (χ3n) is 4.23. The molecule has 0 amide bonds. The predicted molar refractivity (Wildman–Crippen MR) is 80.1 cm³/mol. The minimum absolute atomic E-state index is 0.243. The molecule has 0 N–H and O–H groups in total. The number of halogens is 1. The minimum atomic E-state index is -0.243. The number of nitriles is 1. The van der Waals surface area contributed by atoms with E-state index in [0.29, 0.717) is 23.7 Å². The molecule has 3 rings (SSSR count). The third kappa shape index (κ3) is 2.68. The summed E-state index contributed by atoms with van der Waals surface area (Å²) in [6.45, 7) is 0.514. The van der Waals surface area contributed by atoms with Crippen molar-refractivity contribution in [2.45, 2.75) is 25.4 Å². The van der Waals surface area contributed by atoms with E-state index < -0.39 is 0 Å². The van der Waals surface area contributed by atoms with Gasteiger partial charge in [-0.15, -0.1) is 0 Å². The van der Waals surface area contributed by atoms with E-state index in [4.69, 9.17) is 5.26 Å². The van der Waals surface area contributed by atoms with E-state index in [0.717, 1.165) is 12.8 Å². The van der Waals surface area contributed by atoms with E-state index in [2.05, 4.69) is 35.2 Å². The lowest BCUT2D eigenvalue weighted by atomic mass is 10.1. The molecular formula is C18H17FN2. The van der Waals surface area contributed by atoms with Gasteiger partial charge in [-0.05, 0) is 49.2 Å². The summed E-state index contributed by atoms with van der Waals surface area (Å²) < 4.78 is 13.9. The summed E-state index contributed by atoms with van der Waals surface area (Å²) >= 11 is 0. The summed E-state index contributed by atoms with van der Waals surface area (Å²) in [5.74, 6) is -0.243. The first kappa shape index (κ1) is 13.8. The maximum absolute atomic E-state index is 13.9. The van der Waals surface area contributed by atoms with Crippen LogP contribution in [0.4, 0.5) is 4.39 Å². The van der Waals surface area contributed by atoms with Crippen molar-refractivity contribution in [2.24, 2.45) is 0 Å². The maximum atomic E-state index is 13.9. The molecule has 2 nitrogen and oxygen atoms in total. The summed E-state index contributed by atoms with van der Waals surface area (Å²) in [5, 5.41) is 8.94. The number of hydrogen-bond acceptors (Lipinski definition) is 2. The molecule has 0 aliphatic heterocycles. The van der Waals surface area contributed by atoms with Crippen molar-refractivity contribution in [2.75, 3.05) is 7.05 Å². The molecule has 0 fully saturated rings. The van der Waals surface area contributed by atoms with Crippen molar-refractivity contribution in [3.05, 3.63) is 70.5 Å². The Morgan fingerprint density at radius 1 is 1.29 bits per heavy atom.